The monoisotopic (exact) mass is 423 g/mol. The summed E-state index contributed by atoms with van der Waals surface area (Å²) in [4.78, 5) is 17.5. The third kappa shape index (κ3) is 3.20. The van der Waals surface area contributed by atoms with Crippen molar-refractivity contribution >= 4 is 65.7 Å². The van der Waals surface area contributed by atoms with Gasteiger partial charge in [0.15, 0.2) is 5.13 Å². The van der Waals surface area contributed by atoms with Gasteiger partial charge in [0.25, 0.3) is 5.91 Å². The van der Waals surface area contributed by atoms with Crippen molar-refractivity contribution in [2.45, 2.75) is 6.54 Å². The summed E-state index contributed by atoms with van der Waals surface area (Å²) >= 11 is 9.10. The molecule has 0 radical (unpaired) electrons. The van der Waals surface area contributed by atoms with E-state index < -0.39 is 0 Å². The van der Waals surface area contributed by atoms with Gasteiger partial charge in [0.2, 0.25) is 0 Å². The summed E-state index contributed by atoms with van der Waals surface area (Å²) in [5.41, 5.74) is 3.67. The lowest BCUT2D eigenvalue weighted by Gasteiger charge is -2.10. The maximum Gasteiger partial charge on any atom is 0.274 e. The number of thiazole rings is 1. The second kappa shape index (κ2) is 7.05. The number of benzene rings is 2. The Balaban J connectivity index is 1.50. The molecule has 1 N–H and O–H groups in total. The van der Waals surface area contributed by atoms with Crippen LogP contribution in [0.25, 0.3) is 20.4 Å². The second-order valence-electron chi connectivity index (χ2n) is 6.36. The highest BCUT2D eigenvalue weighted by atomic mass is 35.5. The summed E-state index contributed by atoms with van der Waals surface area (Å²) < 4.78 is 4.10. The molecule has 0 spiro atoms. The van der Waals surface area contributed by atoms with Crippen molar-refractivity contribution in [3.63, 3.8) is 0 Å². The predicted molar refractivity (Wildman–Crippen MR) is 118 cm³/mol. The molecule has 0 saturated heterocycles. The first-order valence-electron chi connectivity index (χ1n) is 8.65. The number of amides is 1. The number of hydrogen-bond donors (Lipinski definition) is 1. The lowest BCUT2D eigenvalue weighted by atomic mass is 10.2. The highest BCUT2D eigenvalue weighted by Gasteiger charge is 2.18. The topological polar surface area (TPSA) is 46.9 Å². The van der Waals surface area contributed by atoms with E-state index in [-0.39, 0.29) is 5.91 Å². The van der Waals surface area contributed by atoms with Gasteiger partial charge in [0, 0.05) is 11.6 Å². The number of thiophene rings is 1. The van der Waals surface area contributed by atoms with Crippen LogP contribution in [0, 0.1) is 0 Å². The average molecular weight is 424 g/mol. The first-order chi connectivity index (χ1) is 13.7. The highest BCUT2D eigenvalue weighted by molar-refractivity contribution is 7.22. The molecule has 3 heterocycles. The molecular formula is C21H14ClN3OS2. The van der Waals surface area contributed by atoms with E-state index in [9.17, 15) is 4.79 Å². The van der Waals surface area contributed by atoms with Crippen LogP contribution >= 0.6 is 34.3 Å². The van der Waals surface area contributed by atoms with Gasteiger partial charge in [-0.15, -0.1) is 11.3 Å². The molecule has 2 aromatic carbocycles. The van der Waals surface area contributed by atoms with Crippen molar-refractivity contribution in [1.29, 1.82) is 0 Å². The van der Waals surface area contributed by atoms with Crippen LogP contribution in [-0.2, 0) is 6.54 Å². The third-order valence-electron chi connectivity index (χ3n) is 4.51. The molecule has 28 heavy (non-hydrogen) atoms. The predicted octanol–water partition coefficient (Wildman–Crippen LogP) is 6.27. The summed E-state index contributed by atoms with van der Waals surface area (Å²) in [6.45, 7) is 0.638. The lowest BCUT2D eigenvalue weighted by Crippen LogP contribution is -2.17. The Kier molecular flexibility index (Phi) is 4.39. The quantitative estimate of drug-likeness (QED) is 0.370. The Morgan fingerprint density at radius 3 is 2.79 bits per heavy atom. The van der Waals surface area contributed by atoms with Crippen LogP contribution in [0.2, 0.25) is 5.02 Å². The number of halogens is 1. The van der Waals surface area contributed by atoms with Gasteiger partial charge in [-0.1, -0.05) is 53.3 Å². The molecule has 3 aromatic heterocycles. The number of aromatic nitrogens is 2. The standard InChI is InChI=1S/C21H14ClN3OS2/c22-14-6-7-15-18(10-14)28-21(23-15)24-20(26)17-11-19-16(8-9-27-19)25(17)12-13-4-2-1-3-5-13/h1-11H,12H2,(H,23,24,26). The van der Waals surface area contributed by atoms with Crippen molar-refractivity contribution in [3.05, 3.63) is 82.3 Å². The largest absolute Gasteiger partial charge is 0.331 e. The number of nitrogens with zero attached hydrogens (tertiary/aromatic N) is 2. The summed E-state index contributed by atoms with van der Waals surface area (Å²) in [7, 11) is 0. The fourth-order valence-corrected chi connectivity index (χ4v) is 5.17. The lowest BCUT2D eigenvalue weighted by molar-refractivity contribution is 0.101. The van der Waals surface area contributed by atoms with E-state index in [0.717, 1.165) is 26.0 Å². The normalized spacial score (nSPS) is 11.3. The Bertz CT molecular complexity index is 1300. The van der Waals surface area contributed by atoms with Crippen molar-refractivity contribution in [1.82, 2.24) is 9.55 Å². The van der Waals surface area contributed by atoms with Crippen LogP contribution in [0.5, 0.6) is 0 Å². The molecule has 138 valence electrons. The van der Waals surface area contributed by atoms with E-state index in [2.05, 4.69) is 33.1 Å². The number of carbonyl (C=O) groups excluding carboxylic acids is 1. The van der Waals surface area contributed by atoms with Crippen molar-refractivity contribution in [2.24, 2.45) is 0 Å². The molecule has 0 saturated carbocycles. The Morgan fingerprint density at radius 2 is 1.93 bits per heavy atom. The van der Waals surface area contributed by atoms with E-state index >= 15 is 0 Å². The van der Waals surface area contributed by atoms with Gasteiger partial charge >= 0.3 is 0 Å². The summed E-state index contributed by atoms with van der Waals surface area (Å²) in [6, 6.07) is 19.7. The van der Waals surface area contributed by atoms with E-state index in [1.807, 2.05) is 41.8 Å². The van der Waals surface area contributed by atoms with Crippen molar-refractivity contribution in [2.75, 3.05) is 5.32 Å². The SMILES string of the molecule is O=C(Nc1nc2ccc(Cl)cc2s1)c1cc2sccc2n1Cc1ccccc1. The van der Waals surface area contributed by atoms with Gasteiger partial charge in [-0.05, 0) is 41.3 Å². The Morgan fingerprint density at radius 1 is 1.07 bits per heavy atom. The molecule has 4 nitrogen and oxygen atoms in total. The molecule has 0 atom stereocenters. The molecule has 5 aromatic rings. The van der Waals surface area contributed by atoms with Gasteiger partial charge in [-0.3, -0.25) is 10.1 Å². The first-order valence-corrected chi connectivity index (χ1v) is 10.7. The molecule has 5 rings (SSSR count). The minimum atomic E-state index is -0.163. The third-order valence-corrected chi connectivity index (χ3v) is 6.53. The zero-order valence-corrected chi connectivity index (χ0v) is 16.9. The molecule has 0 bridgehead atoms. The second-order valence-corrected chi connectivity index (χ2v) is 8.77. The van der Waals surface area contributed by atoms with Gasteiger partial charge < -0.3 is 4.57 Å². The minimum Gasteiger partial charge on any atom is -0.331 e. The first kappa shape index (κ1) is 17.4. The van der Waals surface area contributed by atoms with Gasteiger partial charge in [0.1, 0.15) is 5.69 Å². The molecule has 7 heteroatoms. The molecule has 0 aliphatic rings. The minimum absolute atomic E-state index is 0.163. The molecule has 0 unspecified atom stereocenters. The van der Waals surface area contributed by atoms with Gasteiger partial charge in [0.05, 0.1) is 20.4 Å². The summed E-state index contributed by atoms with van der Waals surface area (Å²) in [5.74, 6) is -0.163. The Hall–Kier alpha value is -2.67. The van der Waals surface area contributed by atoms with Crippen LogP contribution in [-0.4, -0.2) is 15.5 Å². The molecule has 0 aliphatic carbocycles. The average Bonchev–Trinajstić information content (AvgIpc) is 3.37. The summed E-state index contributed by atoms with van der Waals surface area (Å²) in [6.07, 6.45) is 0. The fraction of sp³-hybridized carbons (Fsp3) is 0.0476. The van der Waals surface area contributed by atoms with Crippen LogP contribution in [0.3, 0.4) is 0 Å². The van der Waals surface area contributed by atoms with E-state index in [1.54, 1.807) is 17.4 Å². The maximum atomic E-state index is 13.0. The van der Waals surface area contributed by atoms with E-state index in [4.69, 9.17) is 11.6 Å². The van der Waals surface area contributed by atoms with Gasteiger partial charge in [-0.25, -0.2) is 4.98 Å². The molecule has 1 amide bonds. The molecule has 0 aliphatic heterocycles. The van der Waals surface area contributed by atoms with Crippen LogP contribution in [0.4, 0.5) is 5.13 Å². The number of anilines is 1. The highest BCUT2D eigenvalue weighted by Crippen LogP contribution is 2.30. The number of rotatable bonds is 4. The zero-order valence-electron chi connectivity index (χ0n) is 14.6. The number of fused-ring (bicyclic) bond motifs is 2. The molecule has 0 fully saturated rings. The zero-order chi connectivity index (χ0) is 19.1. The van der Waals surface area contributed by atoms with Crippen LogP contribution in [0.15, 0.2) is 66.0 Å². The van der Waals surface area contributed by atoms with Crippen molar-refractivity contribution < 1.29 is 4.79 Å². The van der Waals surface area contributed by atoms with Crippen LogP contribution in [0.1, 0.15) is 16.1 Å². The number of hydrogen-bond acceptors (Lipinski definition) is 4. The number of nitrogens with one attached hydrogen (secondary N) is 1. The van der Waals surface area contributed by atoms with Crippen molar-refractivity contribution in [3.8, 4) is 0 Å². The maximum absolute atomic E-state index is 13.0. The number of carbonyl (C=O) groups is 1. The van der Waals surface area contributed by atoms with E-state index in [1.165, 1.54) is 11.3 Å². The smallest absolute Gasteiger partial charge is 0.274 e. The summed E-state index contributed by atoms with van der Waals surface area (Å²) in [5, 5.41) is 6.23. The van der Waals surface area contributed by atoms with Crippen LogP contribution < -0.4 is 5.32 Å². The Labute approximate surface area is 174 Å². The van der Waals surface area contributed by atoms with Gasteiger partial charge in [-0.2, -0.15) is 0 Å². The fourth-order valence-electron chi connectivity index (χ4n) is 3.21. The molecular weight excluding hydrogens is 410 g/mol. The van der Waals surface area contributed by atoms with E-state index in [0.29, 0.717) is 22.4 Å².